The molecule has 2 aromatic rings. The summed E-state index contributed by atoms with van der Waals surface area (Å²) in [5.41, 5.74) is 1.94. The van der Waals surface area contributed by atoms with E-state index in [9.17, 15) is 4.79 Å². The second kappa shape index (κ2) is 6.97. The molecule has 0 aromatic heterocycles. The number of carbonyl (C=O) groups is 1. The Balaban J connectivity index is 2.02. The number of ether oxygens (including phenoxy) is 1. The fraction of sp³-hybridized carbons (Fsp3) is 0.176. The Morgan fingerprint density at radius 3 is 2.59 bits per heavy atom. The third-order valence-corrected chi connectivity index (χ3v) is 3.39. The number of nitrogens with zero attached hydrogens (tertiary/aromatic N) is 1. The summed E-state index contributed by atoms with van der Waals surface area (Å²) in [6.07, 6.45) is -0.663. The van der Waals surface area contributed by atoms with E-state index in [2.05, 4.69) is 5.32 Å². The monoisotopic (exact) mass is 314 g/mol. The van der Waals surface area contributed by atoms with Crippen molar-refractivity contribution in [3.8, 4) is 11.8 Å². The number of anilines is 1. The molecule has 0 bridgehead atoms. The van der Waals surface area contributed by atoms with Gasteiger partial charge in [-0.3, -0.25) is 4.79 Å². The summed E-state index contributed by atoms with van der Waals surface area (Å²) in [5, 5.41) is 12.0. The topological polar surface area (TPSA) is 62.1 Å². The van der Waals surface area contributed by atoms with Gasteiger partial charge >= 0.3 is 0 Å². The van der Waals surface area contributed by atoms with E-state index in [4.69, 9.17) is 21.6 Å². The van der Waals surface area contributed by atoms with Gasteiger partial charge in [0, 0.05) is 5.69 Å². The molecule has 2 aromatic carbocycles. The summed E-state index contributed by atoms with van der Waals surface area (Å²) in [4.78, 5) is 12.1. The van der Waals surface area contributed by atoms with E-state index in [1.807, 2.05) is 37.3 Å². The maximum atomic E-state index is 12.1. The summed E-state index contributed by atoms with van der Waals surface area (Å²) in [6, 6.07) is 14.2. The van der Waals surface area contributed by atoms with Gasteiger partial charge in [0.05, 0.1) is 10.6 Å². The Labute approximate surface area is 134 Å². The second-order valence-electron chi connectivity index (χ2n) is 4.87. The summed E-state index contributed by atoms with van der Waals surface area (Å²) >= 11 is 5.86. The molecule has 1 unspecified atom stereocenters. The molecule has 5 heteroatoms. The molecule has 0 saturated heterocycles. The van der Waals surface area contributed by atoms with E-state index in [1.54, 1.807) is 19.1 Å². The van der Waals surface area contributed by atoms with E-state index < -0.39 is 6.10 Å². The third kappa shape index (κ3) is 4.00. The maximum Gasteiger partial charge on any atom is 0.265 e. The predicted molar refractivity (Wildman–Crippen MR) is 86.1 cm³/mol. The van der Waals surface area contributed by atoms with Crippen molar-refractivity contribution in [3.63, 3.8) is 0 Å². The van der Waals surface area contributed by atoms with Crippen LogP contribution in [0, 0.1) is 18.3 Å². The van der Waals surface area contributed by atoms with Crippen molar-refractivity contribution < 1.29 is 9.53 Å². The fourth-order valence-corrected chi connectivity index (χ4v) is 1.97. The molecule has 0 spiro atoms. The van der Waals surface area contributed by atoms with Crippen LogP contribution in [-0.2, 0) is 4.79 Å². The maximum absolute atomic E-state index is 12.1. The zero-order valence-electron chi connectivity index (χ0n) is 12.3. The molecule has 1 atom stereocenters. The lowest BCUT2D eigenvalue weighted by Crippen LogP contribution is -2.30. The first-order chi connectivity index (χ1) is 10.5. The first kappa shape index (κ1) is 15.9. The smallest absolute Gasteiger partial charge is 0.265 e. The van der Waals surface area contributed by atoms with Crippen molar-refractivity contribution in [1.29, 1.82) is 5.26 Å². The lowest BCUT2D eigenvalue weighted by atomic mass is 10.2. The van der Waals surface area contributed by atoms with Crippen molar-refractivity contribution in [3.05, 3.63) is 58.6 Å². The van der Waals surface area contributed by atoms with Gasteiger partial charge in [0.1, 0.15) is 11.8 Å². The molecule has 0 aliphatic carbocycles. The van der Waals surface area contributed by atoms with Crippen molar-refractivity contribution in [2.24, 2.45) is 0 Å². The van der Waals surface area contributed by atoms with Crippen LogP contribution in [0.15, 0.2) is 42.5 Å². The zero-order valence-corrected chi connectivity index (χ0v) is 13.0. The fourth-order valence-electron chi connectivity index (χ4n) is 1.81. The van der Waals surface area contributed by atoms with Crippen molar-refractivity contribution >= 4 is 23.2 Å². The molecule has 0 aliphatic rings. The minimum atomic E-state index is -0.663. The average molecular weight is 315 g/mol. The highest BCUT2D eigenvalue weighted by molar-refractivity contribution is 6.31. The third-order valence-electron chi connectivity index (χ3n) is 3.06. The van der Waals surface area contributed by atoms with Gasteiger partial charge in [0.25, 0.3) is 5.91 Å². The number of hydrogen-bond donors (Lipinski definition) is 1. The number of benzene rings is 2. The quantitative estimate of drug-likeness (QED) is 0.930. The molecule has 0 radical (unpaired) electrons. The van der Waals surface area contributed by atoms with Crippen LogP contribution in [0.2, 0.25) is 5.02 Å². The Morgan fingerprint density at radius 2 is 1.95 bits per heavy atom. The second-order valence-corrected chi connectivity index (χ2v) is 5.28. The number of amides is 1. The minimum absolute atomic E-state index is 0.299. The summed E-state index contributed by atoms with van der Waals surface area (Å²) in [5.74, 6) is 0.328. The summed E-state index contributed by atoms with van der Waals surface area (Å²) < 4.78 is 5.58. The number of nitrogens with one attached hydrogen (secondary N) is 1. The van der Waals surface area contributed by atoms with Crippen molar-refractivity contribution in [2.75, 3.05) is 5.32 Å². The molecule has 0 aliphatic heterocycles. The van der Waals surface area contributed by atoms with Crippen molar-refractivity contribution in [2.45, 2.75) is 20.0 Å². The molecular formula is C17H15ClN2O2. The van der Waals surface area contributed by atoms with Gasteiger partial charge in [-0.25, -0.2) is 0 Å². The highest BCUT2D eigenvalue weighted by Gasteiger charge is 2.15. The average Bonchev–Trinajstić information content (AvgIpc) is 2.51. The predicted octanol–water partition coefficient (Wildman–Crippen LogP) is 3.93. The molecule has 0 saturated carbocycles. The number of carbonyl (C=O) groups excluding carboxylic acids is 1. The number of nitriles is 1. The Morgan fingerprint density at radius 1 is 1.27 bits per heavy atom. The van der Waals surface area contributed by atoms with Crippen LogP contribution in [0.1, 0.15) is 18.1 Å². The molecule has 2 rings (SSSR count). The highest BCUT2D eigenvalue weighted by atomic mass is 35.5. The van der Waals surface area contributed by atoms with Gasteiger partial charge in [-0.1, -0.05) is 29.3 Å². The summed E-state index contributed by atoms with van der Waals surface area (Å²) in [6.45, 7) is 3.64. The highest BCUT2D eigenvalue weighted by Crippen LogP contribution is 2.20. The van der Waals surface area contributed by atoms with Gasteiger partial charge in [-0.05, 0) is 44.2 Å². The van der Waals surface area contributed by atoms with E-state index in [-0.39, 0.29) is 5.91 Å². The first-order valence-electron chi connectivity index (χ1n) is 6.73. The SMILES string of the molecule is Cc1ccc(OC(C)C(=O)Nc2ccc(Cl)c(C#N)c2)cc1. The van der Waals surface area contributed by atoms with Gasteiger partial charge in [0.2, 0.25) is 0 Å². The lowest BCUT2D eigenvalue weighted by Gasteiger charge is -2.15. The lowest BCUT2D eigenvalue weighted by molar-refractivity contribution is -0.122. The Kier molecular flexibility index (Phi) is 5.03. The molecule has 22 heavy (non-hydrogen) atoms. The van der Waals surface area contributed by atoms with Crippen LogP contribution < -0.4 is 10.1 Å². The zero-order chi connectivity index (χ0) is 16.1. The molecule has 112 valence electrons. The number of aryl methyl sites for hydroxylation is 1. The molecule has 1 amide bonds. The van der Waals surface area contributed by atoms with Crippen LogP contribution in [0.25, 0.3) is 0 Å². The normalized spacial score (nSPS) is 11.4. The van der Waals surface area contributed by atoms with Gasteiger partial charge in [-0.15, -0.1) is 0 Å². The Bertz CT molecular complexity index is 720. The van der Waals surface area contributed by atoms with Crippen molar-refractivity contribution in [1.82, 2.24) is 0 Å². The van der Waals surface area contributed by atoms with Crippen LogP contribution in [0.4, 0.5) is 5.69 Å². The minimum Gasteiger partial charge on any atom is -0.481 e. The van der Waals surface area contributed by atoms with Gasteiger partial charge in [-0.2, -0.15) is 5.26 Å². The van der Waals surface area contributed by atoms with Crippen LogP contribution in [0.3, 0.4) is 0 Å². The van der Waals surface area contributed by atoms with E-state index >= 15 is 0 Å². The molecule has 4 nitrogen and oxygen atoms in total. The summed E-state index contributed by atoms with van der Waals surface area (Å²) in [7, 11) is 0. The van der Waals surface area contributed by atoms with E-state index in [0.717, 1.165) is 5.56 Å². The molecular weight excluding hydrogens is 300 g/mol. The largest absolute Gasteiger partial charge is 0.481 e. The van der Waals surface area contributed by atoms with Crippen LogP contribution in [0.5, 0.6) is 5.75 Å². The first-order valence-corrected chi connectivity index (χ1v) is 7.11. The van der Waals surface area contributed by atoms with Gasteiger partial charge in [0.15, 0.2) is 6.10 Å². The standard InChI is InChI=1S/C17H15ClN2O2/c1-11-3-6-15(7-4-11)22-12(2)17(21)20-14-5-8-16(18)13(9-14)10-19/h3-9,12H,1-2H3,(H,20,21). The Hall–Kier alpha value is -2.51. The number of rotatable bonds is 4. The van der Waals surface area contributed by atoms with Crippen LogP contribution >= 0.6 is 11.6 Å². The van der Waals surface area contributed by atoms with E-state index in [0.29, 0.717) is 22.0 Å². The number of halogens is 1. The van der Waals surface area contributed by atoms with Crippen LogP contribution in [-0.4, -0.2) is 12.0 Å². The van der Waals surface area contributed by atoms with Gasteiger partial charge < -0.3 is 10.1 Å². The number of hydrogen-bond acceptors (Lipinski definition) is 3. The molecule has 0 fully saturated rings. The molecule has 1 N–H and O–H groups in total. The van der Waals surface area contributed by atoms with E-state index in [1.165, 1.54) is 6.07 Å². The molecule has 0 heterocycles.